The maximum absolute atomic E-state index is 10.5. The molecule has 0 atom stereocenters. The van der Waals surface area contributed by atoms with Crippen molar-refractivity contribution in [2.75, 3.05) is 0 Å². The molecule has 104 valence electrons. The van der Waals surface area contributed by atoms with E-state index >= 15 is 0 Å². The van der Waals surface area contributed by atoms with Gasteiger partial charge in [0.25, 0.3) is 0 Å². The lowest BCUT2D eigenvalue weighted by Crippen LogP contribution is -1.99. The standard InChI is InChI=1S/C17H24O2/c18-17(19)12-6-8-14-7-5-11-16(13-14)15-9-3-1-2-4-10-15/h5,7,11,13,15H,1-4,6,8-10,12H2,(H,18,19). The second kappa shape index (κ2) is 7.32. The quantitative estimate of drug-likeness (QED) is 0.790. The first kappa shape index (κ1) is 14.1. The van der Waals surface area contributed by atoms with Crippen LogP contribution in [0.4, 0.5) is 0 Å². The van der Waals surface area contributed by atoms with Gasteiger partial charge in [0.2, 0.25) is 0 Å². The number of hydrogen-bond acceptors (Lipinski definition) is 1. The van der Waals surface area contributed by atoms with Gasteiger partial charge >= 0.3 is 5.97 Å². The van der Waals surface area contributed by atoms with Crippen LogP contribution in [0.3, 0.4) is 0 Å². The van der Waals surface area contributed by atoms with E-state index in [0.29, 0.717) is 0 Å². The molecule has 2 rings (SSSR count). The molecule has 1 N–H and O–H groups in total. The number of aliphatic carboxylic acids is 1. The van der Waals surface area contributed by atoms with Crippen LogP contribution in [0.1, 0.15) is 68.4 Å². The first-order valence-electron chi connectivity index (χ1n) is 7.56. The zero-order chi connectivity index (χ0) is 13.5. The molecule has 1 saturated carbocycles. The molecule has 2 nitrogen and oxygen atoms in total. The van der Waals surface area contributed by atoms with Crippen LogP contribution in [-0.2, 0) is 11.2 Å². The molecular formula is C17H24O2. The fourth-order valence-corrected chi connectivity index (χ4v) is 3.06. The third-order valence-corrected chi connectivity index (χ3v) is 4.13. The van der Waals surface area contributed by atoms with Crippen LogP contribution in [0.2, 0.25) is 0 Å². The lowest BCUT2D eigenvalue weighted by atomic mass is 9.90. The van der Waals surface area contributed by atoms with Crippen molar-refractivity contribution in [3.63, 3.8) is 0 Å². The molecule has 1 aliphatic rings. The van der Waals surface area contributed by atoms with Crippen LogP contribution in [0.25, 0.3) is 0 Å². The predicted molar refractivity (Wildman–Crippen MR) is 77.5 cm³/mol. The Morgan fingerprint density at radius 2 is 1.89 bits per heavy atom. The zero-order valence-electron chi connectivity index (χ0n) is 11.6. The van der Waals surface area contributed by atoms with E-state index in [1.54, 1.807) is 0 Å². The fourth-order valence-electron chi connectivity index (χ4n) is 3.06. The van der Waals surface area contributed by atoms with Gasteiger partial charge in [0.15, 0.2) is 0 Å². The summed E-state index contributed by atoms with van der Waals surface area (Å²) in [6.45, 7) is 0. The molecule has 0 heterocycles. The molecule has 0 amide bonds. The highest BCUT2D eigenvalue weighted by atomic mass is 16.4. The molecule has 1 aliphatic carbocycles. The van der Waals surface area contributed by atoms with E-state index in [1.807, 2.05) is 0 Å². The molecule has 1 aromatic rings. The number of hydrogen-bond donors (Lipinski definition) is 1. The van der Waals surface area contributed by atoms with Crippen molar-refractivity contribution < 1.29 is 9.90 Å². The average molecular weight is 260 g/mol. The number of aryl methyl sites for hydroxylation is 1. The molecule has 0 unspecified atom stereocenters. The first-order valence-corrected chi connectivity index (χ1v) is 7.56. The summed E-state index contributed by atoms with van der Waals surface area (Å²) in [5.74, 6) is 0.0295. The van der Waals surface area contributed by atoms with Crippen molar-refractivity contribution in [3.05, 3.63) is 35.4 Å². The second-order valence-corrected chi connectivity index (χ2v) is 5.68. The van der Waals surface area contributed by atoms with Gasteiger partial charge in [-0.05, 0) is 42.7 Å². The average Bonchev–Trinajstić information content (AvgIpc) is 2.67. The monoisotopic (exact) mass is 260 g/mol. The van der Waals surface area contributed by atoms with Gasteiger partial charge in [-0.3, -0.25) is 4.79 Å². The number of benzene rings is 1. The molecule has 0 bridgehead atoms. The number of carboxylic acid groups (broad SMARTS) is 1. The number of rotatable bonds is 5. The molecule has 1 aromatic carbocycles. The van der Waals surface area contributed by atoms with Crippen molar-refractivity contribution >= 4 is 5.97 Å². The van der Waals surface area contributed by atoms with Crippen molar-refractivity contribution in [1.82, 2.24) is 0 Å². The van der Waals surface area contributed by atoms with E-state index in [2.05, 4.69) is 24.3 Å². The SMILES string of the molecule is O=C(O)CCCc1cccc(C2CCCCCC2)c1. The Labute approximate surface area is 115 Å². The van der Waals surface area contributed by atoms with Crippen LogP contribution in [-0.4, -0.2) is 11.1 Å². The van der Waals surface area contributed by atoms with Crippen molar-refractivity contribution in [2.24, 2.45) is 0 Å². The summed E-state index contributed by atoms with van der Waals surface area (Å²) in [4.78, 5) is 10.5. The van der Waals surface area contributed by atoms with Gasteiger partial charge in [0, 0.05) is 6.42 Å². The Kier molecular flexibility index (Phi) is 5.44. The van der Waals surface area contributed by atoms with E-state index in [0.717, 1.165) is 18.8 Å². The topological polar surface area (TPSA) is 37.3 Å². The first-order chi connectivity index (χ1) is 9.25. The molecular weight excluding hydrogens is 236 g/mol. The van der Waals surface area contributed by atoms with E-state index in [-0.39, 0.29) is 6.42 Å². The Balaban J connectivity index is 1.95. The molecule has 2 heteroatoms. The summed E-state index contributed by atoms with van der Waals surface area (Å²) < 4.78 is 0. The smallest absolute Gasteiger partial charge is 0.303 e. The van der Waals surface area contributed by atoms with Crippen molar-refractivity contribution in [1.29, 1.82) is 0 Å². The highest BCUT2D eigenvalue weighted by Gasteiger charge is 2.14. The molecule has 0 radical (unpaired) electrons. The van der Waals surface area contributed by atoms with Crippen LogP contribution >= 0.6 is 0 Å². The highest BCUT2D eigenvalue weighted by Crippen LogP contribution is 2.32. The molecule has 0 aromatic heterocycles. The Morgan fingerprint density at radius 3 is 2.58 bits per heavy atom. The Bertz CT molecular complexity index is 403. The molecule has 0 saturated heterocycles. The van der Waals surface area contributed by atoms with Crippen molar-refractivity contribution in [2.45, 2.75) is 63.7 Å². The summed E-state index contributed by atoms with van der Waals surface area (Å²) in [6, 6.07) is 8.81. The molecule has 0 aliphatic heterocycles. The van der Waals surface area contributed by atoms with Gasteiger partial charge in [0.1, 0.15) is 0 Å². The number of carboxylic acids is 1. The highest BCUT2D eigenvalue weighted by molar-refractivity contribution is 5.66. The van der Waals surface area contributed by atoms with Gasteiger partial charge in [0.05, 0.1) is 0 Å². The number of carbonyl (C=O) groups is 1. The zero-order valence-corrected chi connectivity index (χ0v) is 11.6. The lowest BCUT2D eigenvalue weighted by molar-refractivity contribution is -0.137. The molecule has 1 fully saturated rings. The Hall–Kier alpha value is -1.31. The van der Waals surface area contributed by atoms with Gasteiger partial charge < -0.3 is 5.11 Å². The molecule has 0 spiro atoms. The summed E-state index contributed by atoms with van der Waals surface area (Å²) >= 11 is 0. The summed E-state index contributed by atoms with van der Waals surface area (Å²) in [5.41, 5.74) is 2.76. The largest absolute Gasteiger partial charge is 0.481 e. The fraction of sp³-hybridized carbons (Fsp3) is 0.588. The maximum Gasteiger partial charge on any atom is 0.303 e. The summed E-state index contributed by atoms with van der Waals surface area (Å²) in [7, 11) is 0. The minimum atomic E-state index is -0.695. The third-order valence-electron chi connectivity index (χ3n) is 4.13. The van der Waals surface area contributed by atoms with Gasteiger partial charge in [-0.1, -0.05) is 49.9 Å². The van der Waals surface area contributed by atoms with Crippen LogP contribution in [0, 0.1) is 0 Å². The normalized spacial score (nSPS) is 17.1. The van der Waals surface area contributed by atoms with Gasteiger partial charge in [-0.15, -0.1) is 0 Å². The molecule has 19 heavy (non-hydrogen) atoms. The summed E-state index contributed by atoms with van der Waals surface area (Å²) in [6.07, 6.45) is 10.0. The third kappa shape index (κ3) is 4.70. The predicted octanol–water partition coefficient (Wildman–Crippen LogP) is 4.53. The minimum Gasteiger partial charge on any atom is -0.481 e. The van der Waals surface area contributed by atoms with E-state index in [4.69, 9.17) is 5.11 Å². The van der Waals surface area contributed by atoms with E-state index in [1.165, 1.54) is 49.7 Å². The Morgan fingerprint density at radius 1 is 1.16 bits per heavy atom. The van der Waals surface area contributed by atoms with Crippen LogP contribution < -0.4 is 0 Å². The van der Waals surface area contributed by atoms with Crippen molar-refractivity contribution in [3.8, 4) is 0 Å². The minimum absolute atomic E-state index is 0.271. The lowest BCUT2D eigenvalue weighted by Gasteiger charge is -2.15. The van der Waals surface area contributed by atoms with Gasteiger partial charge in [-0.25, -0.2) is 0 Å². The van der Waals surface area contributed by atoms with Crippen LogP contribution in [0.5, 0.6) is 0 Å². The second-order valence-electron chi connectivity index (χ2n) is 5.68. The van der Waals surface area contributed by atoms with E-state index in [9.17, 15) is 4.79 Å². The maximum atomic E-state index is 10.5. The van der Waals surface area contributed by atoms with Crippen LogP contribution in [0.15, 0.2) is 24.3 Å². The summed E-state index contributed by atoms with van der Waals surface area (Å²) in [5, 5.41) is 8.68. The van der Waals surface area contributed by atoms with Gasteiger partial charge in [-0.2, -0.15) is 0 Å². The van der Waals surface area contributed by atoms with E-state index < -0.39 is 5.97 Å².